The molecular weight excluding hydrogens is 633 g/mol. The van der Waals surface area contributed by atoms with Crippen molar-refractivity contribution in [3.63, 3.8) is 0 Å². The molecule has 5 nitrogen and oxygen atoms in total. The fourth-order valence-electron chi connectivity index (χ4n) is 13.1. The van der Waals surface area contributed by atoms with E-state index in [2.05, 4.69) is 66.7 Å². The minimum atomic E-state index is -0.342. The van der Waals surface area contributed by atoms with E-state index in [-0.39, 0.29) is 51.5 Å². The number of benzene rings is 2. The first-order valence-electron chi connectivity index (χ1n) is 20.0. The number of aliphatic hydroxyl groups is 1. The Bertz CT molecular complexity index is 1590. The number of aliphatic hydroxyl groups excluding tert-OH is 1. The standard InChI is InChI=1S/C43H56O5.C3H8/c1-39(2)34(29-14-16-30(17-15-29)37(45)47-6)25-31(26-44)42(5)35(39)20-22-41(4)36(42)19-18-32-33-13-10-21-43(33,24-23-40(32,41)3)38(46)48-27-28-11-8-7-9-12-28;1-3-2/h7-9,11-12,14-17,25,31-33,35-36,44H,10,13,18-24,26-27H2,1-6H3;3H2,1-2H3/t31?,32-,33-,35?,36?,40-,41-,42+,43+;/m1./s1. The van der Waals surface area contributed by atoms with E-state index >= 15 is 0 Å². The third-order valence-electron chi connectivity index (χ3n) is 15.7. The third-order valence-corrected chi connectivity index (χ3v) is 15.7. The summed E-state index contributed by atoms with van der Waals surface area (Å²) in [7, 11) is 1.42. The molecule has 0 saturated heterocycles. The second kappa shape index (κ2) is 14.1. The normalized spacial score (nSPS) is 37.6. The number of methoxy groups -OCH3 is 1. The monoisotopic (exact) mass is 696 g/mol. The Morgan fingerprint density at radius 3 is 2.12 bits per heavy atom. The summed E-state index contributed by atoms with van der Waals surface area (Å²) in [6.45, 7) is 17.3. The van der Waals surface area contributed by atoms with Crippen molar-refractivity contribution in [2.24, 2.45) is 56.7 Å². The van der Waals surface area contributed by atoms with Crippen LogP contribution in [0.1, 0.15) is 134 Å². The third kappa shape index (κ3) is 5.83. The van der Waals surface area contributed by atoms with E-state index in [1.807, 2.05) is 42.5 Å². The van der Waals surface area contributed by atoms with Gasteiger partial charge in [0.25, 0.3) is 0 Å². The molecule has 2 aromatic carbocycles. The molecule has 2 aromatic rings. The zero-order valence-corrected chi connectivity index (χ0v) is 32.7. The molecule has 0 aliphatic heterocycles. The maximum Gasteiger partial charge on any atom is 0.337 e. The molecule has 51 heavy (non-hydrogen) atoms. The van der Waals surface area contributed by atoms with Gasteiger partial charge in [-0.15, -0.1) is 0 Å². The molecule has 0 heterocycles. The summed E-state index contributed by atoms with van der Waals surface area (Å²) in [5, 5.41) is 11.1. The van der Waals surface area contributed by atoms with Gasteiger partial charge in [0.2, 0.25) is 0 Å². The molecule has 3 unspecified atom stereocenters. The molecule has 0 amide bonds. The Kier molecular flexibility index (Phi) is 10.5. The van der Waals surface area contributed by atoms with Gasteiger partial charge in [0.1, 0.15) is 6.61 Å². The van der Waals surface area contributed by atoms with Crippen LogP contribution in [0.15, 0.2) is 60.7 Å². The lowest BCUT2D eigenvalue weighted by molar-refractivity contribution is -0.237. The number of allylic oxidation sites excluding steroid dienone is 1. The average molecular weight is 697 g/mol. The highest BCUT2D eigenvalue weighted by atomic mass is 16.5. The second-order valence-electron chi connectivity index (χ2n) is 18.1. The highest BCUT2D eigenvalue weighted by molar-refractivity contribution is 5.90. The van der Waals surface area contributed by atoms with Gasteiger partial charge in [-0.2, -0.15) is 0 Å². The van der Waals surface area contributed by atoms with Gasteiger partial charge in [-0.25, -0.2) is 4.79 Å². The Morgan fingerprint density at radius 1 is 0.784 bits per heavy atom. The van der Waals surface area contributed by atoms with Crippen molar-refractivity contribution in [2.75, 3.05) is 13.7 Å². The molecule has 278 valence electrons. The van der Waals surface area contributed by atoms with Gasteiger partial charge in [0, 0.05) is 12.5 Å². The molecule has 0 bridgehead atoms. The summed E-state index contributed by atoms with van der Waals surface area (Å²) in [4.78, 5) is 26.2. The molecule has 1 N–H and O–H groups in total. The number of ether oxygens (including phenoxy) is 2. The maximum absolute atomic E-state index is 14.0. The molecule has 4 saturated carbocycles. The minimum absolute atomic E-state index is 0.0468. The van der Waals surface area contributed by atoms with Crippen LogP contribution in [0.2, 0.25) is 0 Å². The van der Waals surface area contributed by atoms with Crippen LogP contribution in [0.4, 0.5) is 0 Å². The molecule has 0 aromatic heterocycles. The van der Waals surface area contributed by atoms with Gasteiger partial charge < -0.3 is 14.6 Å². The fraction of sp³-hybridized carbons (Fsp3) is 0.652. The smallest absolute Gasteiger partial charge is 0.337 e. The van der Waals surface area contributed by atoms with E-state index in [4.69, 9.17) is 9.47 Å². The highest BCUT2D eigenvalue weighted by Gasteiger charge is 2.71. The lowest BCUT2D eigenvalue weighted by atomic mass is 9.31. The topological polar surface area (TPSA) is 72.8 Å². The quantitative estimate of drug-likeness (QED) is 0.304. The van der Waals surface area contributed by atoms with E-state index in [9.17, 15) is 14.7 Å². The first-order chi connectivity index (χ1) is 24.3. The van der Waals surface area contributed by atoms with Gasteiger partial charge in [-0.05, 0) is 126 Å². The Hall–Kier alpha value is -2.92. The molecule has 0 spiro atoms. The summed E-state index contributed by atoms with van der Waals surface area (Å²) < 4.78 is 11.1. The molecular formula is C46H64O5. The predicted molar refractivity (Wildman–Crippen MR) is 205 cm³/mol. The number of carbonyl (C=O) groups excluding carboxylic acids is 2. The molecule has 4 fully saturated rings. The first kappa shape index (κ1) is 37.8. The zero-order chi connectivity index (χ0) is 36.8. The lowest BCUT2D eigenvalue weighted by Gasteiger charge is -2.73. The molecule has 7 rings (SSSR count). The molecule has 0 radical (unpaired) electrons. The summed E-state index contributed by atoms with van der Waals surface area (Å²) in [6.07, 6.45) is 13.5. The summed E-state index contributed by atoms with van der Waals surface area (Å²) >= 11 is 0. The van der Waals surface area contributed by atoms with Gasteiger partial charge in [0.05, 0.1) is 18.1 Å². The summed E-state index contributed by atoms with van der Waals surface area (Å²) in [5.41, 5.74) is 3.80. The fourth-order valence-corrected chi connectivity index (χ4v) is 13.1. The van der Waals surface area contributed by atoms with Crippen LogP contribution >= 0.6 is 0 Å². The second-order valence-corrected chi connectivity index (χ2v) is 18.1. The zero-order valence-electron chi connectivity index (χ0n) is 32.7. The maximum atomic E-state index is 14.0. The number of fused-ring (bicyclic) bond motifs is 7. The molecule has 5 aliphatic rings. The van der Waals surface area contributed by atoms with E-state index in [0.717, 1.165) is 62.5 Å². The van der Waals surface area contributed by atoms with Crippen molar-refractivity contribution in [1.82, 2.24) is 0 Å². The van der Waals surface area contributed by atoms with Crippen molar-refractivity contribution >= 4 is 17.5 Å². The van der Waals surface area contributed by atoms with Crippen LogP contribution in [0.3, 0.4) is 0 Å². The Morgan fingerprint density at radius 2 is 1.47 bits per heavy atom. The average Bonchev–Trinajstić information content (AvgIpc) is 3.57. The first-order valence-corrected chi connectivity index (χ1v) is 20.0. The van der Waals surface area contributed by atoms with Crippen LogP contribution in [0.5, 0.6) is 0 Å². The Balaban J connectivity index is 0.00000144. The summed E-state index contributed by atoms with van der Waals surface area (Å²) in [5.74, 6) is 1.59. The van der Waals surface area contributed by atoms with E-state index in [1.165, 1.54) is 25.5 Å². The van der Waals surface area contributed by atoms with Crippen LogP contribution in [-0.4, -0.2) is 30.8 Å². The number of carbonyl (C=O) groups is 2. The van der Waals surface area contributed by atoms with Crippen molar-refractivity contribution in [3.05, 3.63) is 77.4 Å². The van der Waals surface area contributed by atoms with Crippen LogP contribution < -0.4 is 0 Å². The van der Waals surface area contributed by atoms with Gasteiger partial charge in [0.15, 0.2) is 0 Å². The number of hydrogen-bond donors (Lipinski definition) is 1. The van der Waals surface area contributed by atoms with E-state index < -0.39 is 0 Å². The largest absolute Gasteiger partial charge is 0.465 e. The van der Waals surface area contributed by atoms with Crippen LogP contribution in [-0.2, 0) is 20.9 Å². The van der Waals surface area contributed by atoms with E-state index in [0.29, 0.717) is 35.8 Å². The number of rotatable bonds is 6. The molecule has 5 aliphatic carbocycles. The highest BCUT2D eigenvalue weighted by Crippen LogP contribution is 2.77. The van der Waals surface area contributed by atoms with Gasteiger partial charge >= 0.3 is 11.9 Å². The van der Waals surface area contributed by atoms with Crippen LogP contribution in [0.25, 0.3) is 5.57 Å². The SMILES string of the molecule is CCC.COC(=O)c1ccc(C2=CC(CO)[C@@]3(C)C(CC[C@]4(C)C3CC[C@@H]3[C@H]5CCC[C@]5(C(=O)OCc5ccccc5)CC[C@]34C)C2(C)C)cc1. The van der Waals surface area contributed by atoms with Crippen molar-refractivity contribution in [3.8, 4) is 0 Å². The predicted octanol–water partition coefficient (Wildman–Crippen LogP) is 10.7. The minimum Gasteiger partial charge on any atom is -0.465 e. The molecule has 5 heteroatoms. The van der Waals surface area contributed by atoms with Crippen LogP contribution in [0, 0.1) is 56.7 Å². The molecule has 9 atom stereocenters. The van der Waals surface area contributed by atoms with Crippen molar-refractivity contribution < 1.29 is 24.2 Å². The summed E-state index contributed by atoms with van der Waals surface area (Å²) in [6, 6.07) is 17.9. The number of hydrogen-bond acceptors (Lipinski definition) is 5. The van der Waals surface area contributed by atoms with Gasteiger partial charge in [-0.1, -0.05) is 110 Å². The van der Waals surface area contributed by atoms with Crippen molar-refractivity contribution in [1.29, 1.82) is 0 Å². The number of esters is 2. The van der Waals surface area contributed by atoms with Crippen molar-refractivity contribution in [2.45, 2.75) is 119 Å². The van der Waals surface area contributed by atoms with Gasteiger partial charge in [-0.3, -0.25) is 4.79 Å². The lowest BCUT2D eigenvalue weighted by Crippen LogP contribution is -2.67. The Labute approximate surface area is 308 Å². The van der Waals surface area contributed by atoms with E-state index in [1.54, 1.807) is 0 Å².